The van der Waals surface area contributed by atoms with E-state index in [1.54, 1.807) is 0 Å². The van der Waals surface area contributed by atoms with Crippen molar-refractivity contribution in [2.45, 2.75) is 135 Å². The minimum absolute atomic E-state index is 0.0763. The fourth-order valence-electron chi connectivity index (χ4n) is 10.5. The van der Waals surface area contributed by atoms with E-state index in [2.05, 4.69) is 39.4 Å². The number of nitrogen functional groups attached to an aromatic ring is 2. The van der Waals surface area contributed by atoms with Gasteiger partial charge in [0, 0.05) is 11.4 Å². The Hall–Kier alpha value is -2.04. The number of halogens is 8. The van der Waals surface area contributed by atoms with Crippen molar-refractivity contribution in [3.05, 3.63) is 35.4 Å². The van der Waals surface area contributed by atoms with Crippen LogP contribution in [-0.4, -0.2) is 24.1 Å². The maximum atomic E-state index is 15.0. The molecule has 0 radical (unpaired) electrons. The number of benzene rings is 1. The van der Waals surface area contributed by atoms with Gasteiger partial charge < -0.3 is 16.2 Å². The molecule has 0 aromatic heterocycles. The van der Waals surface area contributed by atoms with Gasteiger partial charge in [0.2, 0.25) is 0 Å². The van der Waals surface area contributed by atoms with Crippen LogP contribution >= 0.6 is 0 Å². The molecule has 0 spiro atoms. The van der Waals surface area contributed by atoms with Crippen molar-refractivity contribution < 1.29 is 39.9 Å². The second-order valence-corrected chi connectivity index (χ2v) is 16.4. The van der Waals surface area contributed by atoms with Gasteiger partial charge in [0.1, 0.15) is 0 Å². The van der Waals surface area contributed by atoms with Crippen LogP contribution in [0.1, 0.15) is 111 Å². The summed E-state index contributed by atoms with van der Waals surface area (Å²) in [6.07, 6.45) is 3.60. The van der Waals surface area contributed by atoms with Crippen LogP contribution in [0.3, 0.4) is 0 Å². The summed E-state index contributed by atoms with van der Waals surface area (Å²) in [5.74, 6) is -15.6. The molecule has 272 valence electrons. The predicted octanol–water partition coefficient (Wildman–Crippen LogP) is 11.2. The molecule has 5 rings (SSSR count). The summed E-state index contributed by atoms with van der Waals surface area (Å²) in [7, 11) is 0. The summed E-state index contributed by atoms with van der Waals surface area (Å²) in [4.78, 5) is 0. The molecule has 48 heavy (non-hydrogen) atoms. The van der Waals surface area contributed by atoms with Crippen molar-refractivity contribution in [3.63, 3.8) is 0 Å². The molecule has 0 bridgehead atoms. The highest BCUT2D eigenvalue weighted by molar-refractivity contribution is 5.58. The number of ether oxygens (including phenoxy) is 1. The molecule has 11 heteroatoms. The molecule has 4 unspecified atom stereocenters. The maximum Gasteiger partial charge on any atom is 0.426 e. The molecule has 1 aromatic rings. The summed E-state index contributed by atoms with van der Waals surface area (Å²) < 4.78 is 124. The second-order valence-electron chi connectivity index (χ2n) is 16.4. The zero-order valence-corrected chi connectivity index (χ0v) is 28.7. The highest BCUT2D eigenvalue weighted by Crippen LogP contribution is 2.68. The number of hydrogen-bond donors (Lipinski definition) is 2. The topological polar surface area (TPSA) is 61.3 Å². The minimum Gasteiger partial charge on any atom is -0.399 e. The number of anilines is 2. The van der Waals surface area contributed by atoms with Gasteiger partial charge in [0.15, 0.2) is 0 Å². The summed E-state index contributed by atoms with van der Waals surface area (Å²) in [5, 5.41) is 0. The van der Waals surface area contributed by atoms with Crippen LogP contribution in [0.25, 0.3) is 0 Å². The lowest BCUT2D eigenvalue weighted by Gasteiger charge is -2.58. The molecule has 3 saturated carbocycles. The monoisotopic (exact) mass is 692 g/mol. The van der Waals surface area contributed by atoms with Gasteiger partial charge in [-0.2, -0.15) is 35.1 Å². The predicted molar refractivity (Wildman–Crippen MR) is 172 cm³/mol. The number of hydrogen-bond acceptors (Lipinski definition) is 3. The van der Waals surface area contributed by atoms with E-state index in [-0.39, 0.29) is 29.4 Å². The molecular formula is C37H52F8N2O. The van der Waals surface area contributed by atoms with Gasteiger partial charge in [-0.1, -0.05) is 65.5 Å². The van der Waals surface area contributed by atoms with Crippen molar-refractivity contribution in [2.24, 2.45) is 46.3 Å². The average molecular weight is 693 g/mol. The molecule has 8 atom stereocenters. The van der Waals surface area contributed by atoms with E-state index in [9.17, 15) is 26.3 Å². The molecular weight excluding hydrogens is 640 g/mol. The van der Waals surface area contributed by atoms with E-state index in [0.29, 0.717) is 54.1 Å². The molecule has 0 heterocycles. The summed E-state index contributed by atoms with van der Waals surface area (Å²) in [6.45, 7) is 11.5. The standard InChI is InChI=1S/C37H52F8N2O/c1-21(2)7-6-8-22(3)27-13-14-28-26-11-9-23-19-25(15-17-32(23,4)29(26)16-18-33(27,28)5)48-37(44,45)36(42,43)35(40,41)34(38,39)30-12-10-24(46)20-31(30)47/h9-10,12,20-22,25-29H,6-8,11,13-19,46-47H2,1-5H3/t22-,25?,26?,27-,28?,29?,32+,33-/m1/s1. The number of fused-ring (bicyclic) bond motifs is 5. The number of rotatable bonds is 11. The Labute approximate surface area is 279 Å². The third-order valence-electron chi connectivity index (χ3n) is 13.1. The maximum absolute atomic E-state index is 15.0. The third-order valence-corrected chi connectivity index (χ3v) is 13.1. The fraction of sp³-hybridized carbons (Fsp3) is 0.784. The average Bonchev–Trinajstić information content (AvgIpc) is 3.34. The first kappa shape index (κ1) is 37.2. The molecule has 4 aliphatic carbocycles. The quantitative estimate of drug-likeness (QED) is 0.138. The largest absolute Gasteiger partial charge is 0.426 e. The van der Waals surface area contributed by atoms with Crippen LogP contribution in [0.4, 0.5) is 46.5 Å². The third kappa shape index (κ3) is 5.93. The van der Waals surface area contributed by atoms with Crippen LogP contribution in [0.5, 0.6) is 0 Å². The minimum atomic E-state index is -6.57. The molecule has 0 aliphatic heterocycles. The first-order valence-corrected chi connectivity index (χ1v) is 17.6. The van der Waals surface area contributed by atoms with E-state index in [1.807, 2.05) is 6.08 Å². The molecule has 0 saturated heterocycles. The summed E-state index contributed by atoms with van der Waals surface area (Å²) in [6, 6.07) is 1.74. The van der Waals surface area contributed by atoms with Gasteiger partial charge in [0.05, 0.1) is 11.7 Å². The number of alkyl halides is 8. The molecule has 4 aliphatic rings. The first-order chi connectivity index (χ1) is 22.1. The van der Waals surface area contributed by atoms with Crippen molar-refractivity contribution in [3.8, 4) is 0 Å². The van der Waals surface area contributed by atoms with Crippen LogP contribution in [0.15, 0.2) is 29.8 Å². The number of nitrogens with two attached hydrogens (primary N) is 2. The van der Waals surface area contributed by atoms with Crippen molar-refractivity contribution in [1.29, 1.82) is 0 Å². The van der Waals surface area contributed by atoms with Crippen molar-refractivity contribution in [2.75, 3.05) is 11.5 Å². The van der Waals surface area contributed by atoms with E-state index in [4.69, 9.17) is 11.5 Å². The van der Waals surface area contributed by atoms with Crippen molar-refractivity contribution >= 4 is 11.4 Å². The molecule has 1 aromatic carbocycles. The summed E-state index contributed by atoms with van der Waals surface area (Å²) >= 11 is 0. The van der Waals surface area contributed by atoms with Gasteiger partial charge in [0.25, 0.3) is 0 Å². The smallest absolute Gasteiger partial charge is 0.399 e. The van der Waals surface area contributed by atoms with Crippen molar-refractivity contribution in [1.82, 2.24) is 0 Å². The SMILES string of the molecule is CC(C)CCC[C@@H](C)[C@H]1CCC2C3CC=C4CC(OC(F)(F)C(F)(F)C(F)(F)C(F)(F)c5ccc(N)cc5N)CC[C@]4(C)C3CC[C@@]21C. The normalized spacial score (nSPS) is 33.5. The molecule has 3 fully saturated rings. The Morgan fingerprint density at radius 2 is 1.54 bits per heavy atom. The van der Waals surface area contributed by atoms with Crippen LogP contribution in [0.2, 0.25) is 0 Å². The lowest BCUT2D eigenvalue weighted by molar-refractivity contribution is -0.437. The van der Waals surface area contributed by atoms with Crippen LogP contribution in [0, 0.1) is 46.3 Å². The molecule has 0 amide bonds. The van der Waals surface area contributed by atoms with Crippen LogP contribution < -0.4 is 11.5 Å². The van der Waals surface area contributed by atoms with Gasteiger partial charge in [-0.05, 0) is 116 Å². The Bertz CT molecular complexity index is 1360. The second kappa shape index (κ2) is 12.6. The van der Waals surface area contributed by atoms with E-state index >= 15 is 8.78 Å². The van der Waals surface area contributed by atoms with E-state index in [1.165, 1.54) is 25.7 Å². The van der Waals surface area contributed by atoms with Gasteiger partial charge in [-0.15, -0.1) is 0 Å². The van der Waals surface area contributed by atoms with Gasteiger partial charge >= 0.3 is 23.9 Å². The van der Waals surface area contributed by atoms with E-state index < -0.39 is 41.2 Å². The summed E-state index contributed by atoms with van der Waals surface area (Å²) in [5.41, 5.74) is 8.48. The van der Waals surface area contributed by atoms with Gasteiger partial charge in [-0.25, -0.2) is 0 Å². The molecule has 3 nitrogen and oxygen atoms in total. The molecule has 4 N–H and O–H groups in total. The Kier molecular flexibility index (Phi) is 9.79. The van der Waals surface area contributed by atoms with E-state index in [0.717, 1.165) is 37.3 Å². The number of allylic oxidation sites excluding steroid dienone is 1. The highest BCUT2D eigenvalue weighted by atomic mass is 19.4. The Morgan fingerprint density at radius 1 is 0.854 bits per heavy atom. The van der Waals surface area contributed by atoms with Crippen LogP contribution in [-0.2, 0) is 10.7 Å². The fourth-order valence-corrected chi connectivity index (χ4v) is 10.5. The highest BCUT2D eigenvalue weighted by Gasteiger charge is 2.82. The Morgan fingerprint density at radius 3 is 2.19 bits per heavy atom. The zero-order chi connectivity index (χ0) is 35.7. The Balaban J connectivity index is 1.29. The lowest BCUT2D eigenvalue weighted by atomic mass is 9.47. The van der Waals surface area contributed by atoms with Gasteiger partial charge in [-0.3, -0.25) is 0 Å². The zero-order valence-electron chi connectivity index (χ0n) is 28.7. The lowest BCUT2D eigenvalue weighted by Crippen LogP contribution is -2.62. The first-order valence-electron chi connectivity index (χ1n) is 17.6.